The van der Waals surface area contributed by atoms with Gasteiger partial charge in [-0.15, -0.1) is 0 Å². The molecule has 1 aromatic heterocycles. The molecule has 29 heavy (non-hydrogen) atoms. The van der Waals surface area contributed by atoms with Crippen LogP contribution in [0.25, 0.3) is 0 Å². The van der Waals surface area contributed by atoms with Crippen LogP contribution in [0.4, 0.5) is 17.5 Å². The first-order valence-electron chi connectivity index (χ1n) is 9.48. The van der Waals surface area contributed by atoms with Gasteiger partial charge in [-0.05, 0) is 25.0 Å². The van der Waals surface area contributed by atoms with E-state index in [4.69, 9.17) is 9.47 Å². The molecule has 2 amide bonds. The van der Waals surface area contributed by atoms with Gasteiger partial charge >= 0.3 is 0 Å². The summed E-state index contributed by atoms with van der Waals surface area (Å²) in [4.78, 5) is 47.0. The molecule has 0 spiro atoms. The predicted octanol–water partition coefficient (Wildman–Crippen LogP) is 1.16. The molecule has 5 rings (SSSR count). The van der Waals surface area contributed by atoms with Gasteiger partial charge in [-0.3, -0.25) is 19.4 Å². The maximum atomic E-state index is 12.9. The van der Waals surface area contributed by atoms with Gasteiger partial charge in [-0.25, -0.2) is 0 Å². The van der Waals surface area contributed by atoms with Crippen LogP contribution in [-0.2, 0) is 9.59 Å². The second kappa shape index (κ2) is 6.80. The molecule has 150 valence electrons. The Labute approximate surface area is 165 Å². The Balaban J connectivity index is 1.44. The van der Waals surface area contributed by atoms with Gasteiger partial charge < -0.3 is 25.0 Å². The first kappa shape index (κ1) is 17.5. The number of nitrogens with one attached hydrogen (secondary N) is 3. The number of aromatic nitrogens is 2. The van der Waals surface area contributed by atoms with Crippen LogP contribution in [0.3, 0.4) is 0 Å². The summed E-state index contributed by atoms with van der Waals surface area (Å²) in [7, 11) is 0. The number of carbonyl (C=O) groups is 2. The van der Waals surface area contributed by atoms with Gasteiger partial charge in [-0.1, -0.05) is 0 Å². The zero-order chi connectivity index (χ0) is 20.0. The van der Waals surface area contributed by atoms with Gasteiger partial charge in [0.25, 0.3) is 5.56 Å². The number of nitrogens with zero attached hydrogens (tertiary/aromatic N) is 2. The summed E-state index contributed by atoms with van der Waals surface area (Å²) < 4.78 is 10.6. The van der Waals surface area contributed by atoms with E-state index in [1.54, 1.807) is 18.2 Å². The zero-order valence-electron chi connectivity index (χ0n) is 15.5. The molecule has 1 aromatic carbocycles. The standard InChI is InChI=1S/C19H19N5O5/c25-14-8-11(17(26)20-10-3-4-12-13(7-10)29-9-28-12)15-16(21-14)22-19(23-18(15)27)24-5-1-2-6-24/h3-4,7,11H,1-2,5-6,8-9H2,(H,20,26)(H2,21,22,23,25,27). The highest BCUT2D eigenvalue weighted by atomic mass is 16.7. The van der Waals surface area contributed by atoms with Crippen LogP contribution in [0.5, 0.6) is 11.5 Å². The van der Waals surface area contributed by atoms with Crippen molar-refractivity contribution < 1.29 is 19.1 Å². The van der Waals surface area contributed by atoms with Crippen molar-refractivity contribution in [1.29, 1.82) is 0 Å². The van der Waals surface area contributed by atoms with Crippen molar-refractivity contribution in [1.82, 2.24) is 9.97 Å². The van der Waals surface area contributed by atoms with Crippen molar-refractivity contribution in [2.75, 3.05) is 35.4 Å². The van der Waals surface area contributed by atoms with Crippen LogP contribution in [0, 0.1) is 0 Å². The minimum atomic E-state index is -0.937. The summed E-state index contributed by atoms with van der Waals surface area (Å²) in [6.45, 7) is 1.72. The number of hydrogen-bond acceptors (Lipinski definition) is 7. The summed E-state index contributed by atoms with van der Waals surface area (Å²) in [5, 5.41) is 5.39. The Morgan fingerprint density at radius 3 is 2.79 bits per heavy atom. The van der Waals surface area contributed by atoms with Crippen LogP contribution >= 0.6 is 0 Å². The number of benzene rings is 1. The monoisotopic (exact) mass is 397 g/mol. The summed E-state index contributed by atoms with van der Waals surface area (Å²) in [5.41, 5.74) is 0.249. The summed E-state index contributed by atoms with van der Waals surface area (Å²) >= 11 is 0. The van der Waals surface area contributed by atoms with Crippen molar-refractivity contribution in [3.63, 3.8) is 0 Å². The van der Waals surface area contributed by atoms with Crippen molar-refractivity contribution in [3.8, 4) is 11.5 Å². The molecule has 3 N–H and O–H groups in total. The SMILES string of the molecule is O=C1CC(C(=O)Nc2ccc3c(c2)OCO3)c2c(nc(N3CCCC3)[nH]c2=O)N1. The van der Waals surface area contributed by atoms with Crippen molar-refractivity contribution in [2.24, 2.45) is 0 Å². The van der Waals surface area contributed by atoms with Gasteiger partial charge in [-0.2, -0.15) is 4.98 Å². The molecule has 1 atom stereocenters. The van der Waals surface area contributed by atoms with Crippen LogP contribution in [0.2, 0.25) is 0 Å². The van der Waals surface area contributed by atoms with E-state index in [1.807, 2.05) is 4.90 Å². The van der Waals surface area contributed by atoms with Crippen LogP contribution < -0.4 is 30.6 Å². The molecule has 10 heteroatoms. The van der Waals surface area contributed by atoms with Crippen molar-refractivity contribution >= 4 is 29.3 Å². The lowest BCUT2D eigenvalue weighted by Crippen LogP contribution is -2.37. The second-order valence-electron chi connectivity index (χ2n) is 7.21. The Morgan fingerprint density at radius 2 is 1.97 bits per heavy atom. The molecule has 10 nitrogen and oxygen atoms in total. The molecule has 1 saturated heterocycles. The normalized spacial score (nSPS) is 19.7. The van der Waals surface area contributed by atoms with Gasteiger partial charge in [0.2, 0.25) is 24.6 Å². The van der Waals surface area contributed by atoms with E-state index in [1.165, 1.54) is 0 Å². The predicted molar refractivity (Wildman–Crippen MR) is 103 cm³/mol. The van der Waals surface area contributed by atoms with E-state index in [-0.39, 0.29) is 30.5 Å². The molecular formula is C19H19N5O5. The minimum Gasteiger partial charge on any atom is -0.454 e. The highest BCUT2D eigenvalue weighted by molar-refractivity contribution is 6.04. The van der Waals surface area contributed by atoms with E-state index in [2.05, 4.69) is 20.6 Å². The third kappa shape index (κ3) is 3.16. The molecule has 2 aromatic rings. The maximum absolute atomic E-state index is 12.9. The van der Waals surface area contributed by atoms with Crippen molar-refractivity contribution in [2.45, 2.75) is 25.2 Å². The highest BCUT2D eigenvalue weighted by Gasteiger charge is 2.35. The number of fused-ring (bicyclic) bond motifs is 2. The van der Waals surface area contributed by atoms with Gasteiger partial charge in [0.05, 0.1) is 11.5 Å². The number of amides is 2. The summed E-state index contributed by atoms with van der Waals surface area (Å²) in [6.07, 6.45) is 1.92. The number of rotatable bonds is 3. The molecule has 1 unspecified atom stereocenters. The van der Waals surface area contributed by atoms with E-state index < -0.39 is 17.4 Å². The average molecular weight is 397 g/mol. The van der Waals surface area contributed by atoms with E-state index >= 15 is 0 Å². The molecular weight excluding hydrogens is 378 g/mol. The van der Waals surface area contributed by atoms with E-state index in [0.717, 1.165) is 25.9 Å². The van der Waals surface area contributed by atoms with E-state index in [9.17, 15) is 14.4 Å². The molecule has 0 saturated carbocycles. The number of H-pyrrole nitrogens is 1. The fraction of sp³-hybridized carbons (Fsp3) is 0.368. The Hall–Kier alpha value is -3.56. The smallest absolute Gasteiger partial charge is 0.258 e. The summed E-state index contributed by atoms with van der Waals surface area (Å²) in [6, 6.07) is 5.01. The average Bonchev–Trinajstić information content (AvgIpc) is 3.38. The molecule has 0 aliphatic carbocycles. The topological polar surface area (TPSA) is 126 Å². The number of hydrogen-bond donors (Lipinski definition) is 3. The lowest BCUT2D eigenvalue weighted by Gasteiger charge is -2.25. The quantitative estimate of drug-likeness (QED) is 0.710. The first-order valence-corrected chi connectivity index (χ1v) is 9.48. The lowest BCUT2D eigenvalue weighted by molar-refractivity contribution is -0.123. The fourth-order valence-corrected chi connectivity index (χ4v) is 3.87. The number of carbonyl (C=O) groups excluding carboxylic acids is 2. The number of ether oxygens (including phenoxy) is 2. The Morgan fingerprint density at radius 1 is 1.17 bits per heavy atom. The molecule has 3 aliphatic heterocycles. The number of anilines is 3. The molecule has 4 heterocycles. The highest BCUT2D eigenvalue weighted by Crippen LogP contribution is 2.35. The fourth-order valence-electron chi connectivity index (χ4n) is 3.87. The Kier molecular flexibility index (Phi) is 4.11. The summed E-state index contributed by atoms with van der Waals surface area (Å²) in [5.74, 6) is -0.0519. The van der Waals surface area contributed by atoms with Gasteiger partial charge in [0.1, 0.15) is 5.82 Å². The van der Waals surface area contributed by atoms with Crippen LogP contribution in [0.15, 0.2) is 23.0 Å². The van der Waals surface area contributed by atoms with Crippen LogP contribution in [-0.4, -0.2) is 41.7 Å². The molecule has 0 bridgehead atoms. The Bertz CT molecular complexity index is 1060. The minimum absolute atomic E-state index is 0.128. The third-order valence-electron chi connectivity index (χ3n) is 5.30. The molecule has 3 aliphatic rings. The van der Waals surface area contributed by atoms with Gasteiger partial charge in [0.15, 0.2) is 11.5 Å². The molecule has 0 radical (unpaired) electrons. The van der Waals surface area contributed by atoms with Gasteiger partial charge in [0, 0.05) is 31.3 Å². The van der Waals surface area contributed by atoms with E-state index in [0.29, 0.717) is 23.1 Å². The molecule has 1 fully saturated rings. The van der Waals surface area contributed by atoms with Crippen molar-refractivity contribution in [3.05, 3.63) is 34.1 Å². The zero-order valence-corrected chi connectivity index (χ0v) is 15.5. The lowest BCUT2D eigenvalue weighted by atomic mass is 9.92. The maximum Gasteiger partial charge on any atom is 0.258 e. The van der Waals surface area contributed by atoms with Crippen LogP contribution in [0.1, 0.15) is 30.7 Å². The largest absolute Gasteiger partial charge is 0.454 e. The second-order valence-corrected chi connectivity index (χ2v) is 7.21. The number of aromatic amines is 1. The first-order chi connectivity index (χ1) is 14.1. The third-order valence-corrected chi connectivity index (χ3v) is 5.30.